The van der Waals surface area contributed by atoms with Crippen LogP contribution >= 0.6 is 0 Å². The van der Waals surface area contributed by atoms with Crippen LogP contribution in [0.2, 0.25) is 0 Å². The number of fused-ring (bicyclic) bond motifs is 1. The highest BCUT2D eigenvalue weighted by atomic mass is 16.4. The van der Waals surface area contributed by atoms with Gasteiger partial charge in [-0.3, -0.25) is 4.79 Å². The number of nitrogens with zero attached hydrogens (tertiary/aromatic N) is 7. The average molecular weight is 581 g/mol. The molecule has 3 aliphatic heterocycles. The molecule has 11 nitrogen and oxygen atoms in total. The minimum absolute atomic E-state index is 0.0366. The van der Waals surface area contributed by atoms with Crippen molar-refractivity contribution < 1.29 is 14.7 Å². The molecule has 0 saturated carbocycles. The average Bonchev–Trinajstić information content (AvgIpc) is 3.83. The normalized spacial score (nSPS) is 23.6. The van der Waals surface area contributed by atoms with E-state index in [1.807, 2.05) is 17.2 Å². The lowest BCUT2D eigenvalue weighted by molar-refractivity contribution is 0.0689. The first-order valence-corrected chi connectivity index (χ1v) is 14.9. The van der Waals surface area contributed by atoms with Gasteiger partial charge in [-0.1, -0.05) is 43.3 Å². The number of aromatic nitrogens is 4. The van der Waals surface area contributed by atoms with Crippen LogP contribution in [-0.4, -0.2) is 80.7 Å². The van der Waals surface area contributed by atoms with E-state index in [1.54, 1.807) is 10.6 Å². The standard InChI is InChI=1S/C32H36N8O3/c1-31(23-6-3-2-4-7-23)10-13-37(19-31)24-16-22(17-33)28-35-27(36-40(28)18-24)29(41)39-15-12-32(21-39)11-14-38(20-32)26-9-5-8-25(34-26)30(42)43/h2-9,16,18H,10-15,17,19-21,33H2,1H3,(H,42,43)/t31-,32+/m0/s1. The fraction of sp³-hybridized carbons (Fsp3) is 0.406. The molecule has 3 fully saturated rings. The van der Waals surface area contributed by atoms with E-state index in [1.165, 1.54) is 11.6 Å². The lowest BCUT2D eigenvalue weighted by Crippen LogP contribution is -2.34. The molecular weight excluding hydrogens is 544 g/mol. The van der Waals surface area contributed by atoms with Crippen LogP contribution < -0.4 is 15.5 Å². The first-order chi connectivity index (χ1) is 20.8. The largest absolute Gasteiger partial charge is 0.477 e. The van der Waals surface area contributed by atoms with Gasteiger partial charge in [-0.25, -0.2) is 19.3 Å². The maximum absolute atomic E-state index is 13.7. The zero-order chi connectivity index (χ0) is 29.8. The summed E-state index contributed by atoms with van der Waals surface area (Å²) < 4.78 is 1.72. The van der Waals surface area contributed by atoms with Gasteiger partial charge in [0.2, 0.25) is 5.82 Å². The number of hydrogen-bond acceptors (Lipinski definition) is 8. The molecule has 2 atom stereocenters. The molecule has 3 saturated heterocycles. The Morgan fingerprint density at radius 2 is 1.72 bits per heavy atom. The van der Waals surface area contributed by atoms with Crippen molar-refractivity contribution in [2.45, 2.75) is 38.1 Å². The first kappa shape index (κ1) is 27.3. The van der Waals surface area contributed by atoms with Crippen molar-refractivity contribution in [3.8, 4) is 0 Å². The number of carbonyl (C=O) groups excluding carboxylic acids is 1. The summed E-state index contributed by atoms with van der Waals surface area (Å²) >= 11 is 0. The SMILES string of the molecule is C[C@]1(c2ccccc2)CCN(c2cc(CN)c3nc(C(=O)N4CC[C@@]5(CCN(c6cccc(C(=O)O)n6)C5)C4)nn3c2)C1. The first-order valence-electron chi connectivity index (χ1n) is 14.9. The monoisotopic (exact) mass is 580 g/mol. The van der Waals surface area contributed by atoms with Gasteiger partial charge in [-0.2, -0.15) is 0 Å². The van der Waals surface area contributed by atoms with Crippen LogP contribution in [0.4, 0.5) is 11.5 Å². The van der Waals surface area contributed by atoms with Crippen molar-refractivity contribution in [2.24, 2.45) is 11.1 Å². The second-order valence-corrected chi connectivity index (χ2v) is 12.6. The Bertz CT molecular complexity index is 1710. The van der Waals surface area contributed by atoms with E-state index in [4.69, 9.17) is 5.73 Å². The van der Waals surface area contributed by atoms with Crippen molar-refractivity contribution >= 4 is 29.0 Å². The highest BCUT2D eigenvalue weighted by molar-refractivity contribution is 5.91. The summed E-state index contributed by atoms with van der Waals surface area (Å²) in [6.07, 6.45) is 4.79. The topological polar surface area (TPSA) is 133 Å². The molecule has 0 radical (unpaired) electrons. The Labute approximate surface area is 249 Å². The molecule has 3 N–H and O–H groups in total. The fourth-order valence-corrected chi connectivity index (χ4v) is 7.14. The van der Waals surface area contributed by atoms with Crippen LogP contribution in [0.5, 0.6) is 0 Å². The van der Waals surface area contributed by atoms with E-state index >= 15 is 0 Å². The van der Waals surface area contributed by atoms with Crippen molar-refractivity contribution in [2.75, 3.05) is 49.1 Å². The number of carboxylic acids is 1. The Hall–Kier alpha value is -4.51. The number of aromatic carboxylic acids is 1. The van der Waals surface area contributed by atoms with Gasteiger partial charge in [-0.15, -0.1) is 5.10 Å². The number of anilines is 2. The quantitative estimate of drug-likeness (QED) is 0.353. The van der Waals surface area contributed by atoms with Crippen LogP contribution in [-0.2, 0) is 12.0 Å². The summed E-state index contributed by atoms with van der Waals surface area (Å²) in [4.78, 5) is 40.4. The van der Waals surface area contributed by atoms with E-state index in [0.29, 0.717) is 31.1 Å². The molecule has 43 heavy (non-hydrogen) atoms. The van der Waals surface area contributed by atoms with Gasteiger partial charge in [0.05, 0.1) is 11.9 Å². The van der Waals surface area contributed by atoms with Gasteiger partial charge in [0.15, 0.2) is 11.3 Å². The third-order valence-corrected chi connectivity index (χ3v) is 9.66. The molecule has 4 aromatic rings. The fourth-order valence-electron chi connectivity index (χ4n) is 7.14. The number of rotatable bonds is 6. The van der Waals surface area contributed by atoms with Gasteiger partial charge in [-0.05, 0) is 43.0 Å². The van der Waals surface area contributed by atoms with Gasteiger partial charge < -0.3 is 25.5 Å². The third kappa shape index (κ3) is 4.87. The Morgan fingerprint density at radius 1 is 0.930 bits per heavy atom. The predicted octanol–water partition coefficient (Wildman–Crippen LogP) is 3.19. The summed E-state index contributed by atoms with van der Waals surface area (Å²) in [5.41, 5.74) is 10.0. The van der Waals surface area contributed by atoms with Crippen LogP contribution in [0.15, 0.2) is 60.8 Å². The molecule has 222 valence electrons. The van der Waals surface area contributed by atoms with Crippen molar-refractivity contribution in [1.82, 2.24) is 24.5 Å². The number of carbonyl (C=O) groups is 2. The number of hydrogen-bond donors (Lipinski definition) is 2. The molecule has 6 heterocycles. The molecule has 7 rings (SSSR count). The summed E-state index contributed by atoms with van der Waals surface area (Å²) in [6.45, 7) is 7.15. The molecule has 0 unspecified atom stereocenters. The molecule has 1 aromatic carbocycles. The minimum atomic E-state index is -1.04. The zero-order valence-corrected chi connectivity index (χ0v) is 24.3. The molecule has 11 heteroatoms. The van der Waals surface area contributed by atoms with Gasteiger partial charge in [0.1, 0.15) is 5.82 Å². The third-order valence-electron chi connectivity index (χ3n) is 9.66. The molecule has 0 aliphatic carbocycles. The maximum atomic E-state index is 13.7. The summed E-state index contributed by atoms with van der Waals surface area (Å²) in [5, 5.41) is 14.0. The second-order valence-electron chi connectivity index (χ2n) is 12.6. The zero-order valence-electron chi connectivity index (χ0n) is 24.3. The number of nitrogens with two attached hydrogens (primary N) is 1. The lowest BCUT2D eigenvalue weighted by atomic mass is 9.82. The highest BCUT2D eigenvalue weighted by Gasteiger charge is 2.46. The molecule has 0 bridgehead atoms. The molecular formula is C32H36N8O3. The molecule has 3 aromatic heterocycles. The number of benzene rings is 1. The van der Waals surface area contributed by atoms with Crippen molar-refractivity contribution in [3.63, 3.8) is 0 Å². The molecule has 3 aliphatic rings. The smallest absolute Gasteiger partial charge is 0.354 e. The Balaban J connectivity index is 1.08. The van der Waals surface area contributed by atoms with E-state index in [0.717, 1.165) is 56.7 Å². The second kappa shape index (κ2) is 10.3. The lowest BCUT2D eigenvalue weighted by Gasteiger charge is -2.26. The molecule has 1 amide bonds. The van der Waals surface area contributed by atoms with Gasteiger partial charge in [0.25, 0.3) is 5.91 Å². The number of pyridine rings is 2. The van der Waals surface area contributed by atoms with E-state index in [9.17, 15) is 14.7 Å². The molecule has 1 spiro atoms. The van der Waals surface area contributed by atoms with Crippen LogP contribution in [0.3, 0.4) is 0 Å². The summed E-state index contributed by atoms with van der Waals surface area (Å²) in [5.74, 6) is -0.363. The number of amides is 1. The van der Waals surface area contributed by atoms with Crippen molar-refractivity contribution in [3.05, 3.63) is 83.4 Å². The Morgan fingerprint density at radius 3 is 2.51 bits per heavy atom. The minimum Gasteiger partial charge on any atom is -0.477 e. The van der Waals surface area contributed by atoms with E-state index < -0.39 is 5.97 Å². The van der Waals surface area contributed by atoms with Gasteiger partial charge in [0, 0.05) is 62.2 Å². The van der Waals surface area contributed by atoms with Crippen LogP contribution in [0.1, 0.15) is 58.4 Å². The van der Waals surface area contributed by atoms with Crippen LogP contribution in [0, 0.1) is 5.41 Å². The summed E-state index contributed by atoms with van der Waals surface area (Å²) in [6, 6.07) is 17.8. The van der Waals surface area contributed by atoms with E-state index in [2.05, 4.69) is 68.2 Å². The maximum Gasteiger partial charge on any atom is 0.354 e. The summed E-state index contributed by atoms with van der Waals surface area (Å²) in [7, 11) is 0. The van der Waals surface area contributed by atoms with Crippen LogP contribution in [0.25, 0.3) is 5.65 Å². The predicted molar refractivity (Wildman–Crippen MR) is 162 cm³/mol. The van der Waals surface area contributed by atoms with Gasteiger partial charge >= 0.3 is 5.97 Å². The van der Waals surface area contributed by atoms with Crippen molar-refractivity contribution in [1.29, 1.82) is 0 Å². The van der Waals surface area contributed by atoms with E-state index in [-0.39, 0.29) is 28.3 Å². The number of carboxylic acid groups (broad SMARTS) is 1. The Kier molecular flexibility index (Phi) is 6.57. The number of likely N-dealkylation sites (tertiary alicyclic amines) is 1. The highest BCUT2D eigenvalue weighted by Crippen LogP contribution is 2.41.